The van der Waals surface area contributed by atoms with Gasteiger partial charge < -0.3 is 14.2 Å². The van der Waals surface area contributed by atoms with Crippen molar-refractivity contribution in [3.8, 4) is 0 Å². The van der Waals surface area contributed by atoms with Gasteiger partial charge in [0.05, 0.1) is 32.5 Å². The number of alkyl halides is 3. The van der Waals surface area contributed by atoms with E-state index in [4.69, 9.17) is 9.47 Å². The molecule has 0 spiro atoms. The molecule has 0 fully saturated rings. The Morgan fingerprint density at radius 3 is 1.65 bits per heavy atom. The third kappa shape index (κ3) is 22.8. The third-order valence-corrected chi connectivity index (χ3v) is 7.11. The van der Waals surface area contributed by atoms with E-state index in [1.54, 1.807) is 24.3 Å². The first-order valence-electron chi connectivity index (χ1n) is 16.2. The molecule has 4 rings (SSSR count). The Kier molecular flexibility index (Phi) is 29.2. The summed E-state index contributed by atoms with van der Waals surface area (Å²) in [5.74, 6) is -0.649. The number of nitrogens with zero attached hydrogens (tertiary/aromatic N) is 3. The molecule has 0 saturated heterocycles. The number of hydrogen-bond acceptors (Lipinski definition) is 4. The molecule has 0 radical (unpaired) electrons. The van der Waals surface area contributed by atoms with Crippen molar-refractivity contribution in [2.75, 3.05) is 19.8 Å². The number of aryl methyl sites for hydroxylation is 2. The van der Waals surface area contributed by atoms with E-state index in [1.165, 1.54) is 50.9 Å². The van der Waals surface area contributed by atoms with Crippen molar-refractivity contribution in [1.29, 1.82) is 0 Å². The van der Waals surface area contributed by atoms with Crippen LogP contribution in [0.3, 0.4) is 0 Å². The predicted molar refractivity (Wildman–Crippen MR) is 195 cm³/mol. The minimum absolute atomic E-state index is 0. The van der Waals surface area contributed by atoms with Crippen LogP contribution in [0.15, 0.2) is 89.9 Å². The summed E-state index contributed by atoms with van der Waals surface area (Å²) in [6.45, 7) is 6.20. The van der Waals surface area contributed by atoms with E-state index >= 15 is 0 Å². The SMILES string of the molecule is C.CCCCCCOCc1ccccc1.Cn1c(C(F)(F)F)[n+](C)c2ccccc21.FB(F)F.S=C=NCCCCCOCc1ccccc1.[F-]. The number of halogens is 7. The molecule has 0 saturated carbocycles. The van der Waals surface area contributed by atoms with Crippen molar-refractivity contribution in [2.24, 2.45) is 19.1 Å². The highest BCUT2D eigenvalue weighted by atomic mass is 32.1. The van der Waals surface area contributed by atoms with Crippen LogP contribution in [0, 0.1) is 0 Å². The number of thiocarbonyl (C=S) groups is 1. The van der Waals surface area contributed by atoms with Gasteiger partial charge in [0.2, 0.25) is 0 Å². The Bertz CT molecular complexity index is 1420. The molecule has 0 N–H and O–H groups in total. The number of fused-ring (bicyclic) bond motifs is 1. The lowest BCUT2D eigenvalue weighted by Crippen LogP contribution is -3.00. The number of para-hydroxylation sites is 2. The first kappa shape index (κ1) is 49.5. The first-order valence-corrected chi connectivity index (χ1v) is 16.6. The second-order valence-electron chi connectivity index (χ2n) is 10.8. The van der Waals surface area contributed by atoms with Gasteiger partial charge in [0, 0.05) is 19.8 Å². The average molecular weight is 746 g/mol. The van der Waals surface area contributed by atoms with Gasteiger partial charge in [-0.05, 0) is 61.2 Å². The van der Waals surface area contributed by atoms with Gasteiger partial charge in [-0.2, -0.15) is 13.2 Å². The Balaban J connectivity index is 0. The fourth-order valence-electron chi connectivity index (χ4n) is 4.64. The summed E-state index contributed by atoms with van der Waals surface area (Å²) in [5, 5.41) is 2.37. The highest BCUT2D eigenvalue weighted by Crippen LogP contribution is 2.29. The molecule has 51 heavy (non-hydrogen) atoms. The van der Waals surface area contributed by atoms with Crippen LogP contribution in [0.25, 0.3) is 11.0 Å². The normalized spacial score (nSPS) is 10.1. The maximum absolute atomic E-state index is 12.7. The van der Waals surface area contributed by atoms with Crippen molar-refractivity contribution in [3.05, 3.63) is 102 Å². The van der Waals surface area contributed by atoms with Crippen LogP contribution in [-0.4, -0.2) is 37.0 Å². The first-order chi connectivity index (χ1) is 23.5. The lowest BCUT2D eigenvalue weighted by Gasteiger charge is -2.03. The molecule has 1 heterocycles. The van der Waals surface area contributed by atoms with E-state index in [2.05, 4.69) is 65.7 Å². The fraction of sp³-hybridized carbons (Fsp3) is 0.459. The summed E-state index contributed by atoms with van der Waals surface area (Å²) < 4.78 is 80.6. The van der Waals surface area contributed by atoms with Crippen LogP contribution in [0.5, 0.6) is 0 Å². The third-order valence-electron chi connectivity index (χ3n) is 6.98. The van der Waals surface area contributed by atoms with Crippen LogP contribution in [0.4, 0.5) is 26.1 Å². The number of benzene rings is 3. The number of aromatic nitrogens is 2. The van der Waals surface area contributed by atoms with Gasteiger partial charge in [-0.25, -0.2) is 14.1 Å². The molecule has 284 valence electrons. The van der Waals surface area contributed by atoms with E-state index < -0.39 is 19.5 Å². The molecule has 3 aromatic carbocycles. The fourth-order valence-corrected chi connectivity index (χ4v) is 4.73. The molecule has 0 amide bonds. The summed E-state index contributed by atoms with van der Waals surface area (Å²) in [7, 11) is -0.823. The Morgan fingerprint density at radius 2 is 1.22 bits per heavy atom. The number of aliphatic imine (C=N–C) groups is 1. The van der Waals surface area contributed by atoms with Crippen LogP contribution in [-0.2, 0) is 43.0 Å². The van der Waals surface area contributed by atoms with E-state index in [0.29, 0.717) is 17.6 Å². The van der Waals surface area contributed by atoms with Crippen molar-refractivity contribution in [3.63, 3.8) is 0 Å². The lowest BCUT2D eigenvalue weighted by atomic mass is 10.2. The molecular weight excluding hydrogens is 694 g/mol. The van der Waals surface area contributed by atoms with Gasteiger partial charge in [-0.15, -0.1) is 0 Å². The van der Waals surface area contributed by atoms with E-state index in [9.17, 15) is 26.1 Å². The van der Waals surface area contributed by atoms with Gasteiger partial charge in [-0.1, -0.05) is 106 Å². The zero-order valence-electron chi connectivity index (χ0n) is 28.9. The van der Waals surface area contributed by atoms with E-state index in [1.807, 2.05) is 24.3 Å². The van der Waals surface area contributed by atoms with Gasteiger partial charge in [-0.3, -0.25) is 12.9 Å². The molecule has 4 aromatic rings. The second-order valence-corrected chi connectivity index (χ2v) is 11.0. The van der Waals surface area contributed by atoms with E-state index in [0.717, 1.165) is 54.8 Å². The quantitative estimate of drug-likeness (QED) is 0.0312. The summed E-state index contributed by atoms with van der Waals surface area (Å²) in [5.41, 5.74) is 3.65. The van der Waals surface area contributed by atoms with Crippen molar-refractivity contribution < 1.29 is 44.9 Å². The molecule has 0 aliphatic carbocycles. The second kappa shape index (κ2) is 30.1. The topological polar surface area (TPSA) is 39.6 Å². The zero-order chi connectivity index (χ0) is 36.3. The number of isothiocyanates is 1. The van der Waals surface area contributed by atoms with Crippen molar-refractivity contribution >= 4 is 36.0 Å². The molecule has 0 unspecified atom stereocenters. The van der Waals surface area contributed by atoms with Crippen LogP contribution in [0.1, 0.15) is 76.2 Å². The van der Waals surface area contributed by atoms with Crippen molar-refractivity contribution in [1.82, 2.24) is 4.57 Å². The summed E-state index contributed by atoms with van der Waals surface area (Å²) in [4.78, 5) is 3.86. The minimum Gasteiger partial charge on any atom is -1.00 e. The lowest BCUT2D eigenvalue weighted by molar-refractivity contribution is -0.667. The molecule has 0 aliphatic rings. The summed E-state index contributed by atoms with van der Waals surface area (Å²) in [6, 6.07) is 27.4. The summed E-state index contributed by atoms with van der Waals surface area (Å²) in [6.07, 6.45) is 4.06. The Labute approximate surface area is 304 Å². The van der Waals surface area contributed by atoms with Crippen LogP contribution < -0.4 is 9.27 Å². The van der Waals surface area contributed by atoms with Gasteiger partial charge in [0.15, 0.2) is 11.0 Å². The van der Waals surface area contributed by atoms with Crippen molar-refractivity contribution in [2.45, 2.75) is 78.7 Å². The zero-order valence-corrected chi connectivity index (χ0v) is 29.7. The molecule has 5 nitrogen and oxygen atoms in total. The summed E-state index contributed by atoms with van der Waals surface area (Å²) >= 11 is 4.48. The number of rotatable bonds is 15. The van der Waals surface area contributed by atoms with Crippen LogP contribution in [0.2, 0.25) is 0 Å². The highest BCUT2D eigenvalue weighted by Gasteiger charge is 2.45. The Morgan fingerprint density at radius 1 is 0.765 bits per heavy atom. The average Bonchev–Trinajstić information content (AvgIpc) is 3.35. The highest BCUT2D eigenvalue weighted by molar-refractivity contribution is 7.78. The molecule has 0 atom stereocenters. The number of hydrogen-bond donors (Lipinski definition) is 0. The largest absolute Gasteiger partial charge is 1.00 e. The van der Waals surface area contributed by atoms with Gasteiger partial charge >= 0.3 is 19.5 Å². The molecule has 1 aromatic heterocycles. The number of imidazole rings is 1. The number of unbranched alkanes of at least 4 members (excludes halogenated alkanes) is 5. The van der Waals surface area contributed by atoms with Crippen LogP contribution >= 0.6 is 12.2 Å². The monoisotopic (exact) mass is 745 g/mol. The molecule has 0 aliphatic heterocycles. The van der Waals surface area contributed by atoms with Gasteiger partial charge in [0.25, 0.3) is 0 Å². The molecule has 14 heteroatoms. The van der Waals surface area contributed by atoms with E-state index in [-0.39, 0.29) is 12.1 Å². The maximum Gasteiger partial charge on any atom is 0.762 e. The predicted octanol–water partition coefficient (Wildman–Crippen LogP) is 7.80. The molecular formula is C37H51BF7N3O2S. The minimum atomic E-state index is -4.33. The Hall–Kier alpha value is -3.58. The smallest absolute Gasteiger partial charge is 0.762 e. The number of ether oxygens (including phenoxy) is 2. The standard InChI is InChI=1S/C13H17NOS.C13H20O.C10H10F3N2.CH4.BF3.FH/c16-12-14-9-5-2-6-10-15-11-13-7-3-1-4-8-13;1-2-3-4-8-11-14-12-13-9-6-5-7-10-13;1-14-7-5-3-4-6-8(7)15(2)9(14)10(11,12)13;;2-1(3)4;/h1,3-4,7-8H,2,5-6,9-11H2;5-7,9-10H,2-4,8,11-12H2,1H3;3-6H,1-2H3;1H4;;1H/q;;+1;;;/p-1. The molecule has 0 bridgehead atoms. The van der Waals surface area contributed by atoms with Gasteiger partial charge in [0.1, 0.15) is 0 Å². The maximum atomic E-state index is 12.7.